The maximum absolute atomic E-state index is 12.8. The van der Waals surface area contributed by atoms with Crippen molar-refractivity contribution >= 4 is 34.7 Å². The van der Waals surface area contributed by atoms with Crippen LogP contribution in [0, 0.1) is 24.0 Å². The molecule has 1 saturated heterocycles. The van der Waals surface area contributed by atoms with Crippen LogP contribution in [0.2, 0.25) is 0 Å². The zero-order valence-electron chi connectivity index (χ0n) is 19.8. The Kier molecular flexibility index (Phi) is 7.70. The second kappa shape index (κ2) is 11.1. The molecule has 3 aromatic rings. The first-order valence-corrected chi connectivity index (χ1v) is 12.0. The lowest BCUT2D eigenvalue weighted by Crippen LogP contribution is -2.32. The summed E-state index contributed by atoms with van der Waals surface area (Å²) in [7, 11) is 0. The highest BCUT2D eigenvalue weighted by Gasteiger charge is 2.34. The fourth-order valence-electron chi connectivity index (χ4n) is 3.53. The third-order valence-corrected chi connectivity index (χ3v) is 6.41. The molecule has 0 N–H and O–H groups in total. The Morgan fingerprint density at radius 2 is 1.78 bits per heavy atom. The van der Waals surface area contributed by atoms with E-state index >= 15 is 0 Å². The lowest BCUT2D eigenvalue weighted by Gasteiger charge is -2.14. The van der Waals surface area contributed by atoms with Crippen LogP contribution in [-0.2, 0) is 11.4 Å². The van der Waals surface area contributed by atoms with Gasteiger partial charge in [-0.25, -0.2) is 0 Å². The van der Waals surface area contributed by atoms with Crippen LogP contribution in [-0.4, -0.2) is 34.1 Å². The summed E-state index contributed by atoms with van der Waals surface area (Å²) < 4.78 is 11.6. The molecule has 8 nitrogen and oxygen atoms in total. The number of carbonyl (C=O) groups excluding carboxylic acids is 2. The number of imide groups is 1. The fraction of sp³-hybridized carbons (Fsp3) is 0.185. The van der Waals surface area contributed by atoms with Crippen LogP contribution in [0.5, 0.6) is 11.5 Å². The molecule has 0 saturated carbocycles. The summed E-state index contributed by atoms with van der Waals surface area (Å²) in [6.45, 7) is 4.53. The van der Waals surface area contributed by atoms with Crippen LogP contribution in [0.15, 0.2) is 71.6 Å². The summed E-state index contributed by atoms with van der Waals surface area (Å²) in [5, 5.41) is 10.4. The molecule has 9 heteroatoms. The molecule has 1 aliphatic heterocycles. The third kappa shape index (κ3) is 6.11. The van der Waals surface area contributed by atoms with Gasteiger partial charge in [0.15, 0.2) is 0 Å². The Bertz CT molecular complexity index is 1340. The molecule has 4 rings (SSSR count). The first kappa shape index (κ1) is 25.0. The number of thioether (sulfide) groups is 1. The van der Waals surface area contributed by atoms with E-state index in [1.54, 1.807) is 36.4 Å². The number of amides is 2. The minimum atomic E-state index is -0.451. The Hall–Kier alpha value is -4.11. The summed E-state index contributed by atoms with van der Waals surface area (Å²) in [6.07, 6.45) is 1.66. The summed E-state index contributed by atoms with van der Waals surface area (Å²) in [6, 6.07) is 19.2. The van der Waals surface area contributed by atoms with Gasteiger partial charge in [-0.2, -0.15) is 0 Å². The fourth-order valence-corrected chi connectivity index (χ4v) is 4.39. The standard InChI is InChI=1S/C27H24N2O6S/c1-18-6-7-19(2)24(14-18)34-13-12-28-26(30)25(36-27(28)31)16-21-4-3-5-23(15-21)35-17-20-8-10-22(11-9-20)29(32)33/h3-11,14-16H,12-13,17H2,1-2H3/b25-16-. The largest absolute Gasteiger partial charge is 0.491 e. The van der Waals surface area contributed by atoms with Gasteiger partial charge in [0, 0.05) is 12.1 Å². The molecular weight excluding hydrogens is 480 g/mol. The molecule has 0 aromatic heterocycles. The topological polar surface area (TPSA) is 99.0 Å². The average molecular weight is 505 g/mol. The number of rotatable bonds is 9. The Morgan fingerprint density at radius 3 is 2.53 bits per heavy atom. The predicted octanol–water partition coefficient (Wildman–Crippen LogP) is 5.91. The lowest BCUT2D eigenvalue weighted by molar-refractivity contribution is -0.384. The van der Waals surface area contributed by atoms with Gasteiger partial charge in [-0.05, 0) is 84.3 Å². The van der Waals surface area contributed by atoms with E-state index in [0.717, 1.165) is 34.2 Å². The van der Waals surface area contributed by atoms with E-state index in [9.17, 15) is 19.7 Å². The van der Waals surface area contributed by atoms with Crippen molar-refractivity contribution in [3.05, 3.63) is 104 Å². The minimum absolute atomic E-state index is 0.0199. The summed E-state index contributed by atoms with van der Waals surface area (Å²) in [5.41, 5.74) is 3.59. The Morgan fingerprint density at radius 1 is 1.00 bits per heavy atom. The zero-order valence-corrected chi connectivity index (χ0v) is 20.6. The molecule has 184 valence electrons. The van der Waals surface area contributed by atoms with Gasteiger partial charge in [-0.1, -0.05) is 24.3 Å². The summed E-state index contributed by atoms with van der Waals surface area (Å²) >= 11 is 0.895. The monoisotopic (exact) mass is 504 g/mol. The smallest absolute Gasteiger partial charge is 0.293 e. The normalized spacial score (nSPS) is 14.4. The first-order valence-electron chi connectivity index (χ1n) is 11.2. The number of ether oxygens (including phenoxy) is 2. The Labute approximate surface area is 212 Å². The average Bonchev–Trinajstić information content (AvgIpc) is 3.12. The van der Waals surface area contributed by atoms with E-state index in [1.165, 1.54) is 17.0 Å². The van der Waals surface area contributed by atoms with E-state index < -0.39 is 4.92 Å². The molecule has 0 unspecified atom stereocenters. The molecule has 0 radical (unpaired) electrons. The van der Waals surface area contributed by atoms with E-state index in [1.807, 2.05) is 38.1 Å². The third-order valence-electron chi connectivity index (χ3n) is 5.50. The molecule has 1 heterocycles. The number of nitro benzene ring substituents is 1. The molecule has 1 aliphatic rings. The number of carbonyl (C=O) groups is 2. The number of hydrogen-bond acceptors (Lipinski definition) is 7. The van der Waals surface area contributed by atoms with Crippen molar-refractivity contribution in [2.75, 3.05) is 13.2 Å². The maximum Gasteiger partial charge on any atom is 0.293 e. The lowest BCUT2D eigenvalue weighted by atomic mass is 10.1. The van der Waals surface area contributed by atoms with Gasteiger partial charge in [-0.3, -0.25) is 24.6 Å². The second-order valence-electron chi connectivity index (χ2n) is 8.24. The van der Waals surface area contributed by atoms with Crippen LogP contribution in [0.25, 0.3) is 6.08 Å². The van der Waals surface area contributed by atoms with Gasteiger partial charge < -0.3 is 9.47 Å². The number of non-ortho nitro benzene ring substituents is 1. The molecule has 0 spiro atoms. The number of aryl methyl sites for hydroxylation is 2. The highest BCUT2D eigenvalue weighted by atomic mass is 32.2. The van der Waals surface area contributed by atoms with E-state index in [2.05, 4.69) is 0 Å². The maximum atomic E-state index is 12.8. The Balaban J connectivity index is 1.36. The van der Waals surface area contributed by atoms with Gasteiger partial charge in [0.05, 0.1) is 16.4 Å². The first-order chi connectivity index (χ1) is 17.3. The van der Waals surface area contributed by atoms with Crippen LogP contribution in [0.1, 0.15) is 22.3 Å². The number of benzene rings is 3. The van der Waals surface area contributed by atoms with Crippen LogP contribution < -0.4 is 9.47 Å². The SMILES string of the molecule is Cc1ccc(C)c(OCCN2C(=O)S/C(=C\c3cccc(OCc4ccc([N+](=O)[O-])cc4)c3)C2=O)c1. The van der Waals surface area contributed by atoms with E-state index in [-0.39, 0.29) is 36.6 Å². The van der Waals surface area contributed by atoms with Crippen molar-refractivity contribution < 1.29 is 24.0 Å². The van der Waals surface area contributed by atoms with Crippen LogP contribution >= 0.6 is 11.8 Å². The van der Waals surface area contributed by atoms with Crippen molar-refractivity contribution in [1.82, 2.24) is 4.90 Å². The number of nitro groups is 1. The van der Waals surface area contributed by atoms with Crippen LogP contribution in [0.3, 0.4) is 0 Å². The van der Waals surface area contributed by atoms with Gasteiger partial charge in [0.1, 0.15) is 24.7 Å². The molecule has 36 heavy (non-hydrogen) atoms. The van der Waals surface area contributed by atoms with Crippen LogP contribution in [0.4, 0.5) is 10.5 Å². The molecule has 0 bridgehead atoms. The highest BCUT2D eigenvalue weighted by molar-refractivity contribution is 8.18. The van der Waals surface area contributed by atoms with Crippen molar-refractivity contribution in [3.8, 4) is 11.5 Å². The molecule has 1 fully saturated rings. The zero-order chi connectivity index (χ0) is 25.7. The molecule has 0 atom stereocenters. The van der Waals surface area contributed by atoms with E-state index in [0.29, 0.717) is 16.2 Å². The summed E-state index contributed by atoms with van der Waals surface area (Å²) in [5.74, 6) is 0.957. The summed E-state index contributed by atoms with van der Waals surface area (Å²) in [4.78, 5) is 37.1. The number of nitrogens with zero attached hydrogens (tertiary/aromatic N) is 2. The van der Waals surface area contributed by atoms with Gasteiger partial charge in [-0.15, -0.1) is 0 Å². The van der Waals surface area contributed by atoms with Crippen molar-refractivity contribution in [1.29, 1.82) is 0 Å². The molecule has 2 amide bonds. The second-order valence-corrected chi connectivity index (χ2v) is 9.23. The number of hydrogen-bond donors (Lipinski definition) is 0. The molecule has 0 aliphatic carbocycles. The van der Waals surface area contributed by atoms with Gasteiger partial charge >= 0.3 is 0 Å². The molecule has 3 aromatic carbocycles. The molecular formula is C27H24N2O6S. The van der Waals surface area contributed by atoms with E-state index in [4.69, 9.17) is 9.47 Å². The predicted molar refractivity (Wildman–Crippen MR) is 138 cm³/mol. The quantitative estimate of drug-likeness (QED) is 0.203. The van der Waals surface area contributed by atoms with Gasteiger partial charge in [0.2, 0.25) is 0 Å². The van der Waals surface area contributed by atoms with Crippen molar-refractivity contribution in [2.24, 2.45) is 0 Å². The van der Waals surface area contributed by atoms with Crippen molar-refractivity contribution in [3.63, 3.8) is 0 Å². The minimum Gasteiger partial charge on any atom is -0.491 e. The highest BCUT2D eigenvalue weighted by Crippen LogP contribution is 2.32. The van der Waals surface area contributed by atoms with Crippen molar-refractivity contribution in [2.45, 2.75) is 20.5 Å². The van der Waals surface area contributed by atoms with Gasteiger partial charge in [0.25, 0.3) is 16.8 Å².